The van der Waals surface area contributed by atoms with Crippen molar-refractivity contribution in [1.82, 2.24) is 9.80 Å². The molecule has 0 spiro atoms. The Morgan fingerprint density at radius 2 is 1.62 bits per heavy atom. The molecule has 2 fully saturated rings. The lowest BCUT2D eigenvalue weighted by Gasteiger charge is -2.33. The van der Waals surface area contributed by atoms with Crippen LogP contribution in [0.2, 0.25) is 0 Å². The van der Waals surface area contributed by atoms with E-state index in [4.69, 9.17) is 9.47 Å². The van der Waals surface area contributed by atoms with Gasteiger partial charge in [0.1, 0.15) is 5.60 Å². The van der Waals surface area contributed by atoms with Gasteiger partial charge in [-0.15, -0.1) is 0 Å². The van der Waals surface area contributed by atoms with Crippen molar-refractivity contribution >= 4 is 18.0 Å². The third-order valence-corrected chi connectivity index (χ3v) is 5.11. The molecule has 0 bridgehead atoms. The van der Waals surface area contributed by atoms with E-state index in [9.17, 15) is 14.4 Å². The second-order valence-electron chi connectivity index (χ2n) is 8.30. The third-order valence-electron chi connectivity index (χ3n) is 5.11. The Kier molecular flexibility index (Phi) is 6.89. The molecule has 0 aromatic heterocycles. The molecule has 2 aliphatic rings. The van der Waals surface area contributed by atoms with E-state index in [1.54, 1.807) is 9.80 Å². The number of amides is 2. The van der Waals surface area contributed by atoms with E-state index >= 15 is 0 Å². The molecule has 2 aliphatic heterocycles. The molecular formula is C19H32N2O5. The summed E-state index contributed by atoms with van der Waals surface area (Å²) in [6.45, 7) is 8.08. The normalized spacial score (nSPS) is 21.6. The number of nitrogens with zero attached hydrogens (tertiary/aromatic N) is 2. The summed E-state index contributed by atoms with van der Waals surface area (Å²) < 4.78 is 10.2. The highest BCUT2D eigenvalue weighted by Crippen LogP contribution is 2.25. The minimum absolute atomic E-state index is 0.117. The van der Waals surface area contributed by atoms with Gasteiger partial charge in [-0.1, -0.05) is 0 Å². The molecule has 0 N–H and O–H groups in total. The smallest absolute Gasteiger partial charge is 0.410 e. The van der Waals surface area contributed by atoms with Crippen LogP contribution in [0, 0.1) is 11.8 Å². The van der Waals surface area contributed by atoms with Gasteiger partial charge in [0.15, 0.2) is 0 Å². The summed E-state index contributed by atoms with van der Waals surface area (Å²) in [7, 11) is 1.39. The Labute approximate surface area is 156 Å². The van der Waals surface area contributed by atoms with Crippen molar-refractivity contribution in [2.45, 2.75) is 58.5 Å². The number of hydrogen-bond donors (Lipinski definition) is 0. The molecule has 7 nitrogen and oxygen atoms in total. The Morgan fingerprint density at radius 3 is 2.19 bits per heavy atom. The predicted molar refractivity (Wildman–Crippen MR) is 96.5 cm³/mol. The van der Waals surface area contributed by atoms with Gasteiger partial charge in [-0.2, -0.15) is 0 Å². The molecule has 1 unspecified atom stereocenters. The summed E-state index contributed by atoms with van der Waals surface area (Å²) in [4.78, 5) is 39.5. The van der Waals surface area contributed by atoms with Gasteiger partial charge in [0, 0.05) is 32.6 Å². The maximum absolute atomic E-state index is 12.4. The zero-order chi connectivity index (χ0) is 19.3. The minimum Gasteiger partial charge on any atom is -0.469 e. The van der Waals surface area contributed by atoms with Gasteiger partial charge in [0.2, 0.25) is 5.91 Å². The first kappa shape index (κ1) is 20.5. The quantitative estimate of drug-likeness (QED) is 0.713. The van der Waals surface area contributed by atoms with E-state index in [2.05, 4.69) is 0 Å². The molecule has 1 atom stereocenters. The molecule has 2 heterocycles. The molecule has 2 rings (SSSR count). The van der Waals surface area contributed by atoms with Crippen LogP contribution in [0.15, 0.2) is 0 Å². The van der Waals surface area contributed by atoms with E-state index in [0.29, 0.717) is 44.9 Å². The van der Waals surface area contributed by atoms with Gasteiger partial charge in [-0.25, -0.2) is 4.79 Å². The van der Waals surface area contributed by atoms with E-state index in [1.807, 2.05) is 20.8 Å². The fourth-order valence-corrected chi connectivity index (χ4v) is 3.56. The van der Waals surface area contributed by atoms with Crippen molar-refractivity contribution in [2.75, 3.05) is 33.3 Å². The summed E-state index contributed by atoms with van der Waals surface area (Å²) in [5.41, 5.74) is -0.474. The topological polar surface area (TPSA) is 76.2 Å². The molecule has 0 aromatic rings. The maximum atomic E-state index is 12.4. The third kappa shape index (κ3) is 5.88. The minimum atomic E-state index is -0.474. The fraction of sp³-hybridized carbons (Fsp3) is 0.842. The number of esters is 1. The highest BCUT2D eigenvalue weighted by Gasteiger charge is 2.32. The van der Waals surface area contributed by atoms with E-state index in [0.717, 1.165) is 19.3 Å². The molecular weight excluding hydrogens is 336 g/mol. The molecule has 0 radical (unpaired) electrons. The van der Waals surface area contributed by atoms with E-state index in [-0.39, 0.29) is 23.9 Å². The zero-order valence-electron chi connectivity index (χ0n) is 16.5. The van der Waals surface area contributed by atoms with Crippen LogP contribution in [0.5, 0.6) is 0 Å². The first-order valence-electron chi connectivity index (χ1n) is 9.53. The molecule has 0 saturated carbocycles. The number of carbonyl (C=O) groups is 3. The standard InChI is InChI=1S/C19H32N2O5/c1-19(2,3)26-18(24)20-10-7-14(8-11-20)5-6-16(22)21-12-9-15(13-21)17(23)25-4/h14-15H,5-13H2,1-4H3. The van der Waals surface area contributed by atoms with Gasteiger partial charge in [-0.3, -0.25) is 9.59 Å². The highest BCUT2D eigenvalue weighted by molar-refractivity contribution is 5.79. The van der Waals surface area contributed by atoms with Crippen molar-refractivity contribution in [3.63, 3.8) is 0 Å². The monoisotopic (exact) mass is 368 g/mol. The number of methoxy groups -OCH3 is 1. The zero-order valence-corrected chi connectivity index (χ0v) is 16.5. The van der Waals surface area contributed by atoms with Crippen molar-refractivity contribution in [2.24, 2.45) is 11.8 Å². The molecule has 2 saturated heterocycles. The van der Waals surface area contributed by atoms with Gasteiger partial charge in [-0.05, 0) is 52.4 Å². The van der Waals surface area contributed by atoms with E-state index in [1.165, 1.54) is 7.11 Å². The first-order valence-corrected chi connectivity index (χ1v) is 9.53. The molecule has 26 heavy (non-hydrogen) atoms. The molecule has 148 valence electrons. The van der Waals surface area contributed by atoms with Crippen LogP contribution in [0.1, 0.15) is 52.9 Å². The first-order chi connectivity index (χ1) is 12.2. The fourth-order valence-electron chi connectivity index (χ4n) is 3.56. The van der Waals surface area contributed by atoms with Crippen LogP contribution in [0.25, 0.3) is 0 Å². The lowest BCUT2D eigenvalue weighted by molar-refractivity contribution is -0.145. The van der Waals surface area contributed by atoms with Crippen LogP contribution >= 0.6 is 0 Å². The number of ether oxygens (including phenoxy) is 2. The molecule has 7 heteroatoms. The Hall–Kier alpha value is -1.79. The lowest BCUT2D eigenvalue weighted by atomic mass is 9.92. The summed E-state index contributed by atoms with van der Waals surface area (Å²) >= 11 is 0. The molecule has 0 aromatic carbocycles. The predicted octanol–water partition coefficient (Wildman–Crippen LogP) is 2.44. The number of piperidine rings is 1. The number of carbonyl (C=O) groups excluding carboxylic acids is 3. The highest BCUT2D eigenvalue weighted by atomic mass is 16.6. The Bertz CT molecular complexity index is 521. The number of rotatable bonds is 4. The van der Waals surface area contributed by atoms with Gasteiger partial charge >= 0.3 is 12.1 Å². The van der Waals surface area contributed by atoms with Crippen molar-refractivity contribution in [1.29, 1.82) is 0 Å². The summed E-state index contributed by atoms with van der Waals surface area (Å²) in [5.74, 6) is 0.165. The molecule has 0 aliphatic carbocycles. The van der Waals surface area contributed by atoms with Crippen LogP contribution in [0.3, 0.4) is 0 Å². The second-order valence-corrected chi connectivity index (χ2v) is 8.30. The number of likely N-dealkylation sites (tertiary alicyclic amines) is 2. The van der Waals surface area contributed by atoms with Crippen molar-refractivity contribution in [3.8, 4) is 0 Å². The van der Waals surface area contributed by atoms with Crippen LogP contribution in [0.4, 0.5) is 4.79 Å². The lowest BCUT2D eigenvalue weighted by Crippen LogP contribution is -2.41. The number of hydrogen-bond acceptors (Lipinski definition) is 5. The Balaban J connectivity index is 1.68. The maximum Gasteiger partial charge on any atom is 0.410 e. The van der Waals surface area contributed by atoms with Crippen LogP contribution < -0.4 is 0 Å². The SMILES string of the molecule is COC(=O)C1CCN(C(=O)CCC2CCN(C(=O)OC(C)(C)C)CC2)C1. The van der Waals surface area contributed by atoms with Crippen molar-refractivity contribution in [3.05, 3.63) is 0 Å². The average Bonchev–Trinajstić information content (AvgIpc) is 3.08. The summed E-state index contributed by atoms with van der Waals surface area (Å²) in [5, 5.41) is 0. The van der Waals surface area contributed by atoms with Crippen LogP contribution in [-0.4, -0.2) is 66.7 Å². The van der Waals surface area contributed by atoms with Gasteiger partial charge in [0.05, 0.1) is 13.0 Å². The van der Waals surface area contributed by atoms with Crippen LogP contribution in [-0.2, 0) is 19.1 Å². The average molecular weight is 368 g/mol. The van der Waals surface area contributed by atoms with Gasteiger partial charge in [0.25, 0.3) is 0 Å². The second kappa shape index (κ2) is 8.73. The van der Waals surface area contributed by atoms with Gasteiger partial charge < -0.3 is 19.3 Å². The largest absolute Gasteiger partial charge is 0.469 e. The summed E-state index contributed by atoms with van der Waals surface area (Å²) in [6, 6.07) is 0. The molecule has 2 amide bonds. The Morgan fingerprint density at radius 1 is 1.00 bits per heavy atom. The van der Waals surface area contributed by atoms with Crippen molar-refractivity contribution < 1.29 is 23.9 Å². The summed E-state index contributed by atoms with van der Waals surface area (Å²) in [6.07, 6.45) is 3.57. The van der Waals surface area contributed by atoms with E-state index < -0.39 is 5.60 Å².